The zero-order valence-corrected chi connectivity index (χ0v) is 29.4. The molecule has 16 heteroatoms. The number of carboxylic acid groups (broad SMARTS) is 1. The van der Waals surface area contributed by atoms with Gasteiger partial charge in [0.2, 0.25) is 5.92 Å². The van der Waals surface area contributed by atoms with Crippen molar-refractivity contribution in [2.24, 2.45) is 23.7 Å². The normalized spacial score (nSPS) is 28.9. The molecule has 2 N–H and O–H groups in total. The van der Waals surface area contributed by atoms with Crippen molar-refractivity contribution in [3.63, 3.8) is 0 Å². The van der Waals surface area contributed by atoms with Crippen molar-refractivity contribution in [1.82, 2.24) is 24.8 Å². The largest absolute Gasteiger partial charge is 0.490 e. The third-order valence-corrected chi connectivity index (χ3v) is 12.8. The molecule has 1 aliphatic heterocycles. The molecule has 9 nitrogen and oxygen atoms in total. The molecule has 5 saturated carbocycles. The Labute approximate surface area is 306 Å². The lowest BCUT2D eigenvalue weighted by molar-refractivity contribution is -0.163. The highest BCUT2D eigenvalue weighted by molar-refractivity contribution is 6.00. The number of likely N-dealkylation sites (tertiary alicyclic amines) is 1. The number of fused-ring (bicyclic) bond motifs is 1. The maximum Gasteiger partial charge on any atom is 0.434 e. The van der Waals surface area contributed by atoms with Crippen molar-refractivity contribution >= 4 is 22.8 Å². The summed E-state index contributed by atoms with van der Waals surface area (Å²) in [5.74, 6) is -5.26. The van der Waals surface area contributed by atoms with Crippen molar-refractivity contribution in [1.29, 1.82) is 0 Å². The van der Waals surface area contributed by atoms with Gasteiger partial charge in [0.1, 0.15) is 17.4 Å². The van der Waals surface area contributed by atoms with Crippen LogP contribution in [0, 0.1) is 23.7 Å². The summed E-state index contributed by atoms with van der Waals surface area (Å²) in [4.78, 5) is 36.4. The van der Waals surface area contributed by atoms with Crippen LogP contribution in [0.4, 0.5) is 30.7 Å². The number of carbonyl (C=O) groups is 2. The summed E-state index contributed by atoms with van der Waals surface area (Å²) in [6.45, 7) is 0.546. The lowest BCUT2D eigenvalue weighted by atomic mass is 9.48. The maximum absolute atomic E-state index is 14.7. The summed E-state index contributed by atoms with van der Waals surface area (Å²) >= 11 is 0. The average Bonchev–Trinajstić information content (AvgIpc) is 3.48. The molecule has 9 rings (SSSR count). The van der Waals surface area contributed by atoms with E-state index in [0.29, 0.717) is 80.1 Å². The number of halogens is 7. The Balaban J connectivity index is 1.12. The first-order valence-corrected chi connectivity index (χ1v) is 18.8. The number of carbonyl (C=O) groups excluding carboxylic acids is 1. The molecule has 0 unspecified atom stereocenters. The lowest BCUT2D eigenvalue weighted by Gasteiger charge is -2.59. The fourth-order valence-corrected chi connectivity index (χ4v) is 10.4. The van der Waals surface area contributed by atoms with Gasteiger partial charge in [0.25, 0.3) is 12.3 Å². The Bertz CT molecular complexity index is 1890. The molecule has 0 radical (unpaired) electrons. The van der Waals surface area contributed by atoms with Crippen molar-refractivity contribution in [2.45, 2.75) is 107 Å². The van der Waals surface area contributed by atoms with E-state index in [2.05, 4.69) is 15.3 Å². The van der Waals surface area contributed by atoms with E-state index in [-0.39, 0.29) is 61.6 Å². The number of piperidine rings is 1. The summed E-state index contributed by atoms with van der Waals surface area (Å²) < 4.78 is 106. The van der Waals surface area contributed by atoms with E-state index in [1.54, 1.807) is 33.9 Å². The first-order chi connectivity index (χ1) is 25.6. The van der Waals surface area contributed by atoms with Crippen LogP contribution in [0.2, 0.25) is 0 Å². The van der Waals surface area contributed by atoms with Gasteiger partial charge < -0.3 is 19.7 Å². The summed E-state index contributed by atoms with van der Waals surface area (Å²) in [6, 6.07) is 4.56. The molecule has 54 heavy (non-hydrogen) atoms. The maximum atomic E-state index is 14.7. The average molecular weight is 766 g/mol. The first-order valence-electron chi connectivity index (χ1n) is 18.8. The van der Waals surface area contributed by atoms with Crippen molar-refractivity contribution in [3.8, 4) is 17.1 Å². The molecule has 3 aromatic rings. The lowest BCUT2D eigenvalue weighted by Crippen LogP contribution is -2.70. The molecule has 5 aliphatic carbocycles. The highest BCUT2D eigenvalue weighted by Gasteiger charge is 2.62. The van der Waals surface area contributed by atoms with Crippen LogP contribution in [0.25, 0.3) is 22.3 Å². The molecule has 0 spiro atoms. The molecule has 1 saturated heterocycles. The number of hydrogen-bond donors (Lipinski definition) is 2. The third kappa shape index (κ3) is 6.80. The van der Waals surface area contributed by atoms with Gasteiger partial charge >= 0.3 is 12.1 Å². The highest BCUT2D eigenvalue weighted by atomic mass is 19.4. The number of amides is 1. The van der Waals surface area contributed by atoms with Crippen LogP contribution in [0.3, 0.4) is 0 Å². The van der Waals surface area contributed by atoms with Gasteiger partial charge in [0.05, 0.1) is 17.6 Å². The van der Waals surface area contributed by atoms with Gasteiger partial charge in [-0.1, -0.05) is 0 Å². The summed E-state index contributed by atoms with van der Waals surface area (Å²) in [6.07, 6.45) is -1.55. The van der Waals surface area contributed by atoms with Gasteiger partial charge in [-0.05, 0) is 93.6 Å². The molecule has 292 valence electrons. The number of carboxylic acids is 1. The van der Waals surface area contributed by atoms with Crippen molar-refractivity contribution in [2.75, 3.05) is 19.6 Å². The number of benzene rings is 1. The topological polar surface area (TPSA) is 110 Å². The fraction of sp³-hybridized carbons (Fsp3) is 0.632. The van der Waals surface area contributed by atoms with Gasteiger partial charge in [0.15, 0.2) is 11.5 Å². The standard InChI is InChI=1S/C38H42F7N5O4/c39-31(40)19-49-9-5-25(6-10-49)54-26-1-2-27-29(18-50(30(27)16-26)24-3-7-36(41,42)8-4-24)33-46-17-28(32(47-33)38(43,44)45)34(51)48-37(35(52)53)22-12-20-11-21(14-22)15-23(37)13-20/h1-2,16-18,20-25,31H,3-15,19H2,(H,48,51)(H,52,53). The monoisotopic (exact) mass is 765 g/mol. The predicted octanol–water partition coefficient (Wildman–Crippen LogP) is 7.99. The van der Waals surface area contributed by atoms with E-state index < -0.39 is 53.2 Å². The van der Waals surface area contributed by atoms with E-state index in [1.807, 2.05) is 0 Å². The Morgan fingerprint density at radius 3 is 2.22 bits per heavy atom. The second kappa shape index (κ2) is 13.7. The molecular formula is C38H42F7N5O4. The van der Waals surface area contributed by atoms with Crippen LogP contribution < -0.4 is 10.1 Å². The minimum Gasteiger partial charge on any atom is -0.490 e. The number of alkyl halides is 7. The highest BCUT2D eigenvalue weighted by Crippen LogP contribution is 2.58. The van der Waals surface area contributed by atoms with Crippen LogP contribution in [0.5, 0.6) is 5.75 Å². The minimum atomic E-state index is -5.11. The quantitative estimate of drug-likeness (QED) is 0.213. The number of hydrogen-bond acceptors (Lipinski definition) is 6. The minimum absolute atomic E-state index is 0.118. The predicted molar refractivity (Wildman–Crippen MR) is 181 cm³/mol. The zero-order chi connectivity index (χ0) is 38.2. The number of nitrogens with zero attached hydrogens (tertiary/aromatic N) is 4. The smallest absolute Gasteiger partial charge is 0.434 e. The Hall–Kier alpha value is -3.95. The molecule has 1 aromatic carbocycles. The second-order valence-corrected chi connectivity index (χ2v) is 16.1. The molecular weight excluding hydrogens is 723 g/mol. The van der Waals surface area contributed by atoms with Crippen molar-refractivity contribution in [3.05, 3.63) is 41.9 Å². The zero-order valence-electron chi connectivity index (χ0n) is 29.4. The molecule has 3 heterocycles. The number of ether oxygens (including phenoxy) is 1. The molecule has 6 fully saturated rings. The number of rotatable bonds is 9. The van der Waals surface area contributed by atoms with Crippen LogP contribution in [-0.4, -0.2) is 80.0 Å². The molecule has 2 aromatic heterocycles. The first kappa shape index (κ1) is 37.0. The van der Waals surface area contributed by atoms with E-state index in [9.17, 15) is 45.4 Å². The Kier molecular flexibility index (Phi) is 9.36. The van der Waals surface area contributed by atoms with Gasteiger partial charge in [-0.15, -0.1) is 0 Å². The summed E-state index contributed by atoms with van der Waals surface area (Å²) in [5.41, 5.74) is -3.37. The number of aliphatic carboxylic acids is 1. The molecule has 1 amide bonds. The van der Waals surface area contributed by atoms with Crippen molar-refractivity contribution < 1.29 is 50.2 Å². The van der Waals surface area contributed by atoms with E-state index >= 15 is 0 Å². The molecule has 0 atom stereocenters. The van der Waals surface area contributed by atoms with Crippen LogP contribution in [0.15, 0.2) is 30.6 Å². The van der Waals surface area contributed by atoms with E-state index in [4.69, 9.17) is 4.74 Å². The number of nitrogens with one attached hydrogen (secondary N) is 1. The van der Waals surface area contributed by atoms with Gasteiger partial charge in [-0.3, -0.25) is 9.69 Å². The van der Waals surface area contributed by atoms with E-state index in [0.717, 1.165) is 12.6 Å². The van der Waals surface area contributed by atoms with Gasteiger partial charge in [-0.25, -0.2) is 32.3 Å². The van der Waals surface area contributed by atoms with Gasteiger partial charge in [0, 0.05) is 61.4 Å². The summed E-state index contributed by atoms with van der Waals surface area (Å²) in [7, 11) is 0. The number of aromatic nitrogens is 3. The van der Waals surface area contributed by atoms with E-state index in [1.165, 1.54) is 0 Å². The van der Waals surface area contributed by atoms with Crippen LogP contribution >= 0.6 is 0 Å². The SMILES string of the molecule is O=C(NC1(C(=O)O)C2CC3CC(C2)CC1C3)c1cnc(-c2cn(C3CCC(F)(F)CC3)c3cc(OC4CCN(CC(F)F)CC4)ccc23)nc1C(F)(F)F. The Morgan fingerprint density at radius 2 is 1.63 bits per heavy atom. The Morgan fingerprint density at radius 1 is 0.981 bits per heavy atom. The van der Waals surface area contributed by atoms with Crippen LogP contribution in [-0.2, 0) is 11.0 Å². The molecule has 4 bridgehead atoms. The molecule has 6 aliphatic rings. The van der Waals surface area contributed by atoms with Gasteiger partial charge in [-0.2, -0.15) is 13.2 Å². The fourth-order valence-electron chi connectivity index (χ4n) is 10.4. The van der Waals surface area contributed by atoms with Crippen LogP contribution in [0.1, 0.15) is 92.7 Å². The second-order valence-electron chi connectivity index (χ2n) is 16.1. The third-order valence-electron chi connectivity index (χ3n) is 12.8. The summed E-state index contributed by atoms with van der Waals surface area (Å²) in [5, 5.41) is 13.5.